The summed E-state index contributed by atoms with van der Waals surface area (Å²) >= 11 is 6.08. The molecule has 0 fully saturated rings. The molecule has 3 aromatic rings. The zero-order valence-electron chi connectivity index (χ0n) is 23.9. The van der Waals surface area contributed by atoms with Crippen molar-refractivity contribution in [3.05, 3.63) is 94.5 Å². The fraction of sp³-hybridized carbons (Fsp3) is 0.355. The molecule has 0 aliphatic rings. The van der Waals surface area contributed by atoms with Crippen molar-refractivity contribution in [2.45, 2.75) is 71.0 Å². The molecule has 40 heavy (non-hydrogen) atoms. The van der Waals surface area contributed by atoms with Gasteiger partial charge in [0.05, 0.1) is 10.6 Å². The second kappa shape index (κ2) is 12.9. The van der Waals surface area contributed by atoms with Gasteiger partial charge in [0, 0.05) is 17.1 Å². The number of benzene rings is 3. The van der Waals surface area contributed by atoms with E-state index in [1.165, 1.54) is 17.0 Å². The number of aryl methyl sites for hydroxylation is 2. The summed E-state index contributed by atoms with van der Waals surface area (Å²) in [6.07, 6.45) is 0.352. The Morgan fingerprint density at radius 2 is 1.40 bits per heavy atom. The number of nitrogens with one attached hydrogen (secondary N) is 1. The van der Waals surface area contributed by atoms with Crippen LogP contribution in [0.2, 0.25) is 5.02 Å². The molecule has 3 rings (SSSR count). The molecule has 0 saturated carbocycles. The molecule has 7 nitrogen and oxygen atoms in total. The predicted octanol–water partition coefficient (Wildman–Crippen LogP) is 5.87. The monoisotopic (exact) mass is 583 g/mol. The van der Waals surface area contributed by atoms with Crippen LogP contribution in [0.3, 0.4) is 0 Å². The molecule has 0 unspecified atom stereocenters. The van der Waals surface area contributed by atoms with Crippen LogP contribution in [0.25, 0.3) is 0 Å². The van der Waals surface area contributed by atoms with Crippen LogP contribution < -0.4 is 9.62 Å². The molecule has 1 N–H and O–H groups in total. The lowest BCUT2D eigenvalue weighted by Gasteiger charge is -2.34. The number of nitrogens with zero attached hydrogens (tertiary/aromatic N) is 2. The van der Waals surface area contributed by atoms with E-state index >= 15 is 0 Å². The zero-order valence-corrected chi connectivity index (χ0v) is 25.5. The van der Waals surface area contributed by atoms with Crippen LogP contribution in [-0.2, 0) is 26.2 Å². The highest BCUT2D eigenvalue weighted by molar-refractivity contribution is 7.92. The molecule has 0 spiro atoms. The van der Waals surface area contributed by atoms with Gasteiger partial charge in [0.2, 0.25) is 11.8 Å². The summed E-state index contributed by atoms with van der Waals surface area (Å²) in [7, 11) is -4.13. The quantitative estimate of drug-likeness (QED) is 0.323. The van der Waals surface area contributed by atoms with E-state index in [9.17, 15) is 18.0 Å². The topological polar surface area (TPSA) is 86.8 Å². The summed E-state index contributed by atoms with van der Waals surface area (Å²) < 4.78 is 28.8. The van der Waals surface area contributed by atoms with Gasteiger partial charge in [0.25, 0.3) is 10.0 Å². The lowest BCUT2D eigenvalue weighted by atomic mass is 10.1. The Morgan fingerprint density at radius 3 is 1.90 bits per heavy atom. The fourth-order valence-electron chi connectivity index (χ4n) is 4.24. The van der Waals surface area contributed by atoms with E-state index in [-0.39, 0.29) is 17.3 Å². The van der Waals surface area contributed by atoms with Crippen LogP contribution in [0.15, 0.2) is 77.7 Å². The fourth-order valence-corrected chi connectivity index (χ4v) is 5.78. The number of halogens is 1. The van der Waals surface area contributed by atoms with Gasteiger partial charge in [-0.1, -0.05) is 66.0 Å². The van der Waals surface area contributed by atoms with Crippen LogP contribution in [0.5, 0.6) is 0 Å². The molecule has 9 heteroatoms. The Kier molecular flexibility index (Phi) is 10.0. The SMILES string of the molecule is CC[C@@H](C(=O)NC(C)(C)C)N(Cc1ccc(C)cc1)C(=O)CN(c1ccc(Cl)cc1)S(=O)(=O)c1ccc(C)cc1. The van der Waals surface area contributed by atoms with Crippen LogP contribution in [0.1, 0.15) is 50.8 Å². The van der Waals surface area contributed by atoms with E-state index in [4.69, 9.17) is 11.6 Å². The number of amides is 2. The van der Waals surface area contributed by atoms with Gasteiger partial charge in [-0.2, -0.15) is 0 Å². The molecule has 0 heterocycles. The molecule has 214 valence electrons. The van der Waals surface area contributed by atoms with E-state index in [0.29, 0.717) is 17.1 Å². The number of rotatable bonds is 10. The van der Waals surface area contributed by atoms with Crippen molar-refractivity contribution < 1.29 is 18.0 Å². The maximum absolute atomic E-state index is 14.1. The standard InChI is InChI=1S/C31H38ClN3O4S/c1-7-28(30(37)33-31(4,5)6)34(20-24-12-8-22(2)9-13-24)29(36)21-35(26-16-14-25(32)15-17-26)40(38,39)27-18-10-23(3)11-19-27/h8-19,28H,7,20-21H2,1-6H3,(H,33,37)/t28-/m0/s1. The largest absolute Gasteiger partial charge is 0.350 e. The molecule has 3 aromatic carbocycles. The minimum absolute atomic E-state index is 0.0588. The van der Waals surface area contributed by atoms with Gasteiger partial charge in [-0.3, -0.25) is 13.9 Å². The highest BCUT2D eigenvalue weighted by Gasteiger charge is 2.34. The van der Waals surface area contributed by atoms with E-state index in [0.717, 1.165) is 21.0 Å². The first kappa shape index (κ1) is 31.2. The van der Waals surface area contributed by atoms with Crippen molar-refractivity contribution >= 4 is 39.1 Å². The number of hydrogen-bond donors (Lipinski definition) is 1. The number of carbonyl (C=O) groups excluding carboxylic acids is 2. The summed E-state index contributed by atoms with van der Waals surface area (Å²) in [5.74, 6) is -0.794. The average Bonchev–Trinajstić information content (AvgIpc) is 2.88. The van der Waals surface area contributed by atoms with Gasteiger partial charge >= 0.3 is 0 Å². The van der Waals surface area contributed by atoms with Crippen LogP contribution in [0, 0.1) is 13.8 Å². The number of anilines is 1. The predicted molar refractivity (Wildman–Crippen MR) is 161 cm³/mol. The van der Waals surface area contributed by atoms with Gasteiger partial charge in [-0.25, -0.2) is 8.42 Å². The van der Waals surface area contributed by atoms with Crippen molar-refractivity contribution in [1.29, 1.82) is 0 Å². The Hall–Kier alpha value is -3.36. The third kappa shape index (κ3) is 8.08. The molecular weight excluding hydrogens is 546 g/mol. The Balaban J connectivity index is 2.06. The summed E-state index contributed by atoms with van der Waals surface area (Å²) in [6.45, 7) is 11.0. The minimum atomic E-state index is -4.13. The molecule has 0 saturated heterocycles. The molecule has 0 aliphatic heterocycles. The van der Waals surface area contributed by atoms with Crippen molar-refractivity contribution in [3.8, 4) is 0 Å². The number of carbonyl (C=O) groups is 2. The van der Waals surface area contributed by atoms with Crippen molar-refractivity contribution in [2.75, 3.05) is 10.8 Å². The first-order valence-corrected chi connectivity index (χ1v) is 15.0. The molecule has 0 bridgehead atoms. The smallest absolute Gasteiger partial charge is 0.264 e. The zero-order chi connectivity index (χ0) is 29.7. The third-order valence-electron chi connectivity index (χ3n) is 6.36. The average molecular weight is 584 g/mol. The van der Waals surface area contributed by atoms with Gasteiger partial charge < -0.3 is 10.2 Å². The highest BCUT2D eigenvalue weighted by Crippen LogP contribution is 2.26. The minimum Gasteiger partial charge on any atom is -0.350 e. The Bertz CT molecular complexity index is 1420. The summed E-state index contributed by atoms with van der Waals surface area (Å²) in [6, 6.07) is 19.6. The summed E-state index contributed by atoms with van der Waals surface area (Å²) in [4.78, 5) is 29.0. The lowest BCUT2D eigenvalue weighted by molar-refractivity contribution is -0.141. The second-order valence-electron chi connectivity index (χ2n) is 11.0. The van der Waals surface area contributed by atoms with Crippen LogP contribution in [-0.4, -0.2) is 43.3 Å². The maximum Gasteiger partial charge on any atom is 0.264 e. The first-order valence-electron chi connectivity index (χ1n) is 13.2. The summed E-state index contributed by atoms with van der Waals surface area (Å²) in [5.41, 5.74) is 2.60. The van der Waals surface area contributed by atoms with Gasteiger partial charge in [0.15, 0.2) is 0 Å². The molecule has 2 amide bonds. The van der Waals surface area contributed by atoms with Crippen LogP contribution >= 0.6 is 11.6 Å². The third-order valence-corrected chi connectivity index (χ3v) is 8.40. The van der Waals surface area contributed by atoms with E-state index in [1.54, 1.807) is 36.4 Å². The highest BCUT2D eigenvalue weighted by atomic mass is 35.5. The van der Waals surface area contributed by atoms with E-state index in [1.807, 2.05) is 65.8 Å². The van der Waals surface area contributed by atoms with E-state index < -0.39 is 34.1 Å². The maximum atomic E-state index is 14.1. The number of hydrogen-bond acceptors (Lipinski definition) is 4. The Morgan fingerprint density at radius 1 is 0.875 bits per heavy atom. The molecule has 1 atom stereocenters. The van der Waals surface area contributed by atoms with Gasteiger partial charge in [0.1, 0.15) is 12.6 Å². The molecular formula is C31H38ClN3O4S. The normalized spacial score (nSPS) is 12.5. The second-order valence-corrected chi connectivity index (χ2v) is 13.3. The lowest BCUT2D eigenvalue weighted by Crippen LogP contribution is -2.55. The Labute approximate surface area is 243 Å². The van der Waals surface area contributed by atoms with Crippen molar-refractivity contribution in [2.24, 2.45) is 0 Å². The van der Waals surface area contributed by atoms with Gasteiger partial charge in [-0.05, 0) is 83.0 Å². The van der Waals surface area contributed by atoms with Crippen molar-refractivity contribution in [1.82, 2.24) is 10.2 Å². The number of sulfonamides is 1. The molecule has 0 aromatic heterocycles. The van der Waals surface area contributed by atoms with Crippen molar-refractivity contribution in [3.63, 3.8) is 0 Å². The summed E-state index contributed by atoms with van der Waals surface area (Å²) in [5, 5.41) is 3.41. The molecule has 0 aliphatic carbocycles. The van der Waals surface area contributed by atoms with E-state index in [2.05, 4.69) is 5.32 Å². The van der Waals surface area contributed by atoms with Crippen LogP contribution in [0.4, 0.5) is 5.69 Å². The molecule has 0 radical (unpaired) electrons. The van der Waals surface area contributed by atoms with Gasteiger partial charge in [-0.15, -0.1) is 0 Å². The first-order chi connectivity index (χ1) is 18.7.